The van der Waals surface area contributed by atoms with Crippen molar-refractivity contribution in [2.45, 2.75) is 64.8 Å². The highest BCUT2D eigenvalue weighted by molar-refractivity contribution is 5.92. The molecule has 0 radical (unpaired) electrons. The second-order valence-electron chi connectivity index (χ2n) is 10.1. The molecule has 2 amide bonds. The molecule has 0 saturated carbocycles. The lowest BCUT2D eigenvalue weighted by atomic mass is 9.92. The van der Waals surface area contributed by atoms with Crippen molar-refractivity contribution >= 4 is 23.8 Å². The van der Waals surface area contributed by atoms with Crippen LogP contribution >= 0.6 is 0 Å². The maximum Gasteiger partial charge on any atom is 0.329 e. The third kappa shape index (κ3) is 6.41. The van der Waals surface area contributed by atoms with Crippen LogP contribution in [0.1, 0.15) is 50.7 Å². The van der Waals surface area contributed by atoms with Gasteiger partial charge in [-0.25, -0.2) is 9.59 Å². The lowest BCUT2D eigenvalue weighted by Crippen LogP contribution is -2.49. The summed E-state index contributed by atoms with van der Waals surface area (Å²) in [5.41, 5.74) is 1.76. The van der Waals surface area contributed by atoms with Gasteiger partial charge in [0, 0.05) is 24.9 Å². The summed E-state index contributed by atoms with van der Waals surface area (Å²) in [5.74, 6) is -2.63. The number of rotatable bonds is 9. The maximum atomic E-state index is 13.4. The van der Waals surface area contributed by atoms with Gasteiger partial charge in [0.15, 0.2) is 0 Å². The zero-order valence-electron chi connectivity index (χ0n) is 22.1. The first-order valence-corrected chi connectivity index (χ1v) is 13.4. The number of esters is 2. The summed E-state index contributed by atoms with van der Waals surface area (Å²) in [4.78, 5) is 55.6. The van der Waals surface area contributed by atoms with E-state index in [1.165, 1.54) is 0 Å². The molecule has 38 heavy (non-hydrogen) atoms. The number of likely N-dealkylation sites (tertiary alicyclic amines) is 2. The van der Waals surface area contributed by atoms with Crippen LogP contribution in [-0.4, -0.2) is 58.7 Å². The van der Waals surface area contributed by atoms with Gasteiger partial charge in [-0.05, 0) is 36.8 Å². The largest absolute Gasteiger partial charge is 0.459 e. The number of carbonyl (C=O) groups is 4. The molecule has 0 bridgehead atoms. The number of carbonyl (C=O) groups excluding carboxylic acids is 4. The van der Waals surface area contributed by atoms with Gasteiger partial charge in [0.2, 0.25) is 11.8 Å². The quantitative estimate of drug-likeness (QED) is 0.468. The molecule has 2 aromatic carbocycles. The van der Waals surface area contributed by atoms with E-state index in [9.17, 15) is 19.2 Å². The molecular formula is C30H36N2O6. The molecule has 8 heteroatoms. The number of hydrogen-bond acceptors (Lipinski definition) is 6. The van der Waals surface area contributed by atoms with Crippen LogP contribution in [-0.2, 0) is 41.9 Å². The van der Waals surface area contributed by atoms with Gasteiger partial charge in [0.25, 0.3) is 0 Å². The average molecular weight is 521 g/mol. The summed E-state index contributed by atoms with van der Waals surface area (Å²) < 4.78 is 11.0. The minimum atomic E-state index is -0.650. The molecule has 0 N–H and O–H groups in total. The molecule has 2 aromatic rings. The summed E-state index contributed by atoms with van der Waals surface area (Å²) in [6, 6.07) is 17.5. The molecule has 8 nitrogen and oxygen atoms in total. The van der Waals surface area contributed by atoms with Crippen molar-refractivity contribution in [3.63, 3.8) is 0 Å². The van der Waals surface area contributed by atoms with Crippen molar-refractivity contribution in [1.82, 2.24) is 9.80 Å². The summed E-state index contributed by atoms with van der Waals surface area (Å²) in [7, 11) is 0. The van der Waals surface area contributed by atoms with E-state index in [0.29, 0.717) is 38.8 Å². The monoisotopic (exact) mass is 520 g/mol. The summed E-state index contributed by atoms with van der Waals surface area (Å²) in [6.07, 6.45) is 2.48. The molecule has 0 spiro atoms. The lowest BCUT2D eigenvalue weighted by molar-refractivity contribution is -0.159. The Balaban J connectivity index is 1.33. The summed E-state index contributed by atoms with van der Waals surface area (Å²) in [5, 5.41) is 0. The fourth-order valence-corrected chi connectivity index (χ4v) is 5.15. The van der Waals surface area contributed by atoms with Crippen molar-refractivity contribution < 1.29 is 28.7 Å². The fraction of sp³-hybridized carbons (Fsp3) is 0.467. The Bertz CT molecular complexity index is 1030. The number of amides is 2. The highest BCUT2D eigenvalue weighted by Gasteiger charge is 2.42. The smallest absolute Gasteiger partial charge is 0.329 e. The van der Waals surface area contributed by atoms with Crippen LogP contribution in [0.2, 0.25) is 0 Å². The Morgan fingerprint density at radius 2 is 1.05 bits per heavy atom. The first-order valence-electron chi connectivity index (χ1n) is 13.4. The number of ether oxygens (including phenoxy) is 2. The Kier molecular flexibility index (Phi) is 9.15. The van der Waals surface area contributed by atoms with Crippen LogP contribution in [0.5, 0.6) is 0 Å². The third-order valence-electron chi connectivity index (χ3n) is 7.59. The molecule has 2 aliphatic heterocycles. The Morgan fingerprint density at radius 3 is 1.42 bits per heavy atom. The highest BCUT2D eigenvalue weighted by atomic mass is 16.5. The molecule has 202 valence electrons. The molecule has 4 unspecified atom stereocenters. The molecule has 0 aromatic heterocycles. The Morgan fingerprint density at radius 1 is 0.684 bits per heavy atom. The van der Waals surface area contributed by atoms with E-state index in [2.05, 4.69) is 0 Å². The summed E-state index contributed by atoms with van der Waals surface area (Å²) in [6.45, 7) is 4.64. The molecule has 2 saturated heterocycles. The number of benzene rings is 2. The third-order valence-corrected chi connectivity index (χ3v) is 7.59. The predicted molar refractivity (Wildman–Crippen MR) is 140 cm³/mol. The van der Waals surface area contributed by atoms with Crippen LogP contribution in [0.4, 0.5) is 0 Å². The molecule has 2 heterocycles. The van der Waals surface area contributed by atoms with Gasteiger partial charge >= 0.3 is 11.9 Å². The highest BCUT2D eigenvalue weighted by Crippen LogP contribution is 2.28. The second-order valence-corrected chi connectivity index (χ2v) is 10.1. The molecule has 4 atom stereocenters. The van der Waals surface area contributed by atoms with E-state index < -0.39 is 35.9 Å². The number of nitrogens with zero attached hydrogens (tertiary/aromatic N) is 2. The van der Waals surface area contributed by atoms with Gasteiger partial charge in [-0.1, -0.05) is 74.5 Å². The fourth-order valence-electron chi connectivity index (χ4n) is 5.15. The first-order chi connectivity index (χ1) is 18.4. The Hall–Kier alpha value is -3.68. The topological polar surface area (TPSA) is 93.2 Å². The van der Waals surface area contributed by atoms with E-state index in [0.717, 1.165) is 11.1 Å². The van der Waals surface area contributed by atoms with Crippen molar-refractivity contribution in [2.24, 2.45) is 11.8 Å². The van der Waals surface area contributed by atoms with Gasteiger partial charge < -0.3 is 19.3 Å². The van der Waals surface area contributed by atoms with E-state index in [1.54, 1.807) is 23.6 Å². The second kappa shape index (κ2) is 12.7. The van der Waals surface area contributed by atoms with Crippen LogP contribution < -0.4 is 0 Å². The van der Waals surface area contributed by atoms with Crippen molar-refractivity contribution in [3.8, 4) is 0 Å². The summed E-state index contributed by atoms with van der Waals surface area (Å²) >= 11 is 0. The molecular weight excluding hydrogens is 484 g/mol. The average Bonchev–Trinajstić information content (AvgIpc) is 3.65. The Labute approximate surface area is 223 Å². The minimum absolute atomic E-state index is 0.152. The molecule has 2 fully saturated rings. The van der Waals surface area contributed by atoms with Crippen molar-refractivity contribution in [2.75, 3.05) is 13.1 Å². The lowest BCUT2D eigenvalue weighted by Gasteiger charge is -2.31. The first kappa shape index (κ1) is 27.4. The van der Waals surface area contributed by atoms with Crippen LogP contribution in [0.25, 0.3) is 0 Å². The normalized spacial score (nSPS) is 20.6. The van der Waals surface area contributed by atoms with Gasteiger partial charge in [-0.2, -0.15) is 0 Å². The molecule has 0 aliphatic carbocycles. The van der Waals surface area contributed by atoms with Crippen LogP contribution in [0, 0.1) is 11.8 Å². The minimum Gasteiger partial charge on any atom is -0.459 e. The van der Waals surface area contributed by atoms with E-state index in [4.69, 9.17) is 9.47 Å². The number of hydrogen-bond donors (Lipinski definition) is 0. The van der Waals surface area contributed by atoms with Crippen molar-refractivity contribution in [1.29, 1.82) is 0 Å². The van der Waals surface area contributed by atoms with Gasteiger partial charge in [-0.15, -0.1) is 0 Å². The SMILES string of the molecule is CC(C(=O)N1CCCC1C(=O)OCc1ccccc1)C(C)C(=O)N1CCCC1C(=O)OCc1ccccc1. The van der Waals surface area contributed by atoms with Gasteiger partial charge in [0.05, 0.1) is 0 Å². The maximum absolute atomic E-state index is 13.4. The zero-order valence-corrected chi connectivity index (χ0v) is 22.1. The predicted octanol–water partition coefficient (Wildman–Crippen LogP) is 3.73. The van der Waals surface area contributed by atoms with Crippen molar-refractivity contribution in [3.05, 3.63) is 71.8 Å². The van der Waals surface area contributed by atoms with E-state index in [1.807, 2.05) is 60.7 Å². The zero-order chi connectivity index (χ0) is 27.1. The van der Waals surface area contributed by atoms with E-state index >= 15 is 0 Å². The van der Waals surface area contributed by atoms with Gasteiger partial charge in [-0.3, -0.25) is 9.59 Å². The van der Waals surface area contributed by atoms with Gasteiger partial charge in [0.1, 0.15) is 25.3 Å². The standard InChI is InChI=1S/C30H36N2O6/c1-21(27(33)31-17-9-15-25(31)29(35)37-19-23-11-5-3-6-12-23)22(2)28(34)32-18-10-16-26(32)30(36)38-20-24-13-7-4-8-14-24/h3-8,11-14,21-22,25-26H,9-10,15-20H2,1-2H3. The van der Waals surface area contributed by atoms with Crippen LogP contribution in [0.3, 0.4) is 0 Å². The van der Waals surface area contributed by atoms with E-state index in [-0.39, 0.29) is 25.0 Å². The van der Waals surface area contributed by atoms with Crippen LogP contribution in [0.15, 0.2) is 60.7 Å². The molecule has 4 rings (SSSR count). The molecule has 2 aliphatic rings.